The zero-order chi connectivity index (χ0) is 18.5. The van der Waals surface area contributed by atoms with E-state index in [0.717, 1.165) is 0 Å². The first kappa shape index (κ1) is 17.2. The molecule has 0 aliphatic carbocycles. The van der Waals surface area contributed by atoms with Crippen molar-refractivity contribution in [3.63, 3.8) is 0 Å². The van der Waals surface area contributed by atoms with Gasteiger partial charge in [-0.05, 0) is 36.4 Å². The number of benzene rings is 2. The summed E-state index contributed by atoms with van der Waals surface area (Å²) in [5, 5.41) is 5.22. The molecule has 1 aromatic heterocycles. The number of anilines is 2. The molecule has 0 bridgehead atoms. The molecule has 8 heteroatoms. The van der Waals surface area contributed by atoms with Crippen LogP contribution in [0.1, 0.15) is 17.3 Å². The van der Waals surface area contributed by atoms with Crippen LogP contribution >= 0.6 is 0 Å². The van der Waals surface area contributed by atoms with E-state index in [1.807, 2.05) is 0 Å². The molecule has 0 saturated heterocycles. The maximum absolute atomic E-state index is 12.1. The van der Waals surface area contributed by atoms with Crippen molar-refractivity contribution in [2.75, 3.05) is 17.2 Å². The lowest BCUT2D eigenvalue weighted by Gasteiger charge is -2.08. The van der Waals surface area contributed by atoms with Gasteiger partial charge in [0.1, 0.15) is 5.52 Å². The first-order valence-corrected chi connectivity index (χ1v) is 7.70. The minimum atomic E-state index is -0.666. The van der Waals surface area contributed by atoms with Crippen LogP contribution in [0.5, 0.6) is 0 Å². The number of ether oxygens (including phenoxy) is 1. The molecular weight excluding hydrogens is 338 g/mol. The molecule has 132 valence electrons. The van der Waals surface area contributed by atoms with E-state index in [1.165, 1.54) is 13.3 Å². The number of nitrogens with zero attached hydrogens (tertiary/aromatic N) is 1. The van der Waals surface area contributed by atoms with Gasteiger partial charge >= 0.3 is 5.97 Å². The van der Waals surface area contributed by atoms with E-state index < -0.39 is 18.5 Å². The van der Waals surface area contributed by atoms with Crippen LogP contribution in [0.15, 0.2) is 53.3 Å². The second kappa shape index (κ2) is 7.47. The summed E-state index contributed by atoms with van der Waals surface area (Å²) >= 11 is 0. The van der Waals surface area contributed by atoms with Crippen molar-refractivity contribution in [3.05, 3.63) is 54.4 Å². The Labute approximate surface area is 148 Å². The Balaban J connectivity index is 1.56. The number of oxazole rings is 1. The summed E-state index contributed by atoms with van der Waals surface area (Å²) < 4.78 is 10.1. The fourth-order valence-corrected chi connectivity index (χ4v) is 2.30. The van der Waals surface area contributed by atoms with Crippen molar-refractivity contribution < 1.29 is 23.5 Å². The van der Waals surface area contributed by atoms with Gasteiger partial charge in [0, 0.05) is 18.3 Å². The molecule has 2 aromatic carbocycles. The van der Waals surface area contributed by atoms with E-state index in [4.69, 9.17) is 9.15 Å². The van der Waals surface area contributed by atoms with Gasteiger partial charge in [0.15, 0.2) is 18.6 Å². The van der Waals surface area contributed by atoms with E-state index in [1.54, 1.807) is 42.5 Å². The molecule has 0 radical (unpaired) electrons. The minimum Gasteiger partial charge on any atom is -0.452 e. The molecule has 3 rings (SSSR count). The van der Waals surface area contributed by atoms with Crippen LogP contribution in [-0.4, -0.2) is 29.4 Å². The summed E-state index contributed by atoms with van der Waals surface area (Å²) in [6.45, 7) is 0.962. The largest absolute Gasteiger partial charge is 0.452 e. The van der Waals surface area contributed by atoms with Gasteiger partial charge in [0.25, 0.3) is 5.91 Å². The third-order valence-corrected chi connectivity index (χ3v) is 3.40. The number of esters is 1. The molecule has 2 amide bonds. The fraction of sp³-hybridized carbons (Fsp3) is 0.111. The summed E-state index contributed by atoms with van der Waals surface area (Å²) in [7, 11) is 0. The molecule has 0 unspecified atom stereocenters. The molecule has 1 heterocycles. The molecule has 0 fully saturated rings. The van der Waals surface area contributed by atoms with E-state index in [-0.39, 0.29) is 11.5 Å². The van der Waals surface area contributed by atoms with Crippen LogP contribution in [-0.2, 0) is 14.3 Å². The Kier molecular flexibility index (Phi) is 4.93. The molecular formula is C18H15N3O5. The fourth-order valence-electron chi connectivity index (χ4n) is 2.30. The molecule has 0 aliphatic rings. The standard InChI is InChI=1S/C18H15N3O5/c1-11(22)20-12-5-7-13(8-6-12)21-16(23)9-25-18(24)14-3-2-4-15-17(14)19-10-26-15/h2-8,10H,9H2,1H3,(H,20,22)(H,21,23). The Hall–Kier alpha value is -3.68. The summed E-state index contributed by atoms with van der Waals surface area (Å²) in [5.74, 6) is -1.34. The van der Waals surface area contributed by atoms with Gasteiger partial charge in [-0.3, -0.25) is 9.59 Å². The molecule has 0 aliphatic heterocycles. The summed E-state index contributed by atoms with van der Waals surface area (Å²) in [4.78, 5) is 39.0. The highest BCUT2D eigenvalue weighted by Crippen LogP contribution is 2.18. The molecule has 3 aromatic rings. The van der Waals surface area contributed by atoms with Gasteiger partial charge < -0.3 is 19.8 Å². The lowest BCUT2D eigenvalue weighted by atomic mass is 10.2. The second-order valence-electron chi connectivity index (χ2n) is 5.39. The first-order valence-electron chi connectivity index (χ1n) is 7.70. The number of carbonyl (C=O) groups excluding carboxylic acids is 3. The van der Waals surface area contributed by atoms with Crippen LogP contribution in [0.2, 0.25) is 0 Å². The summed E-state index contributed by atoms with van der Waals surface area (Å²) in [5.41, 5.74) is 2.19. The molecule has 2 N–H and O–H groups in total. The average molecular weight is 353 g/mol. The normalized spacial score (nSPS) is 10.3. The predicted molar refractivity (Wildman–Crippen MR) is 93.7 cm³/mol. The number of rotatable bonds is 5. The van der Waals surface area contributed by atoms with Gasteiger partial charge in [-0.15, -0.1) is 0 Å². The summed E-state index contributed by atoms with van der Waals surface area (Å²) in [6, 6.07) is 11.4. The van der Waals surface area contributed by atoms with E-state index in [0.29, 0.717) is 22.5 Å². The Morgan fingerprint density at radius 2 is 1.73 bits per heavy atom. The van der Waals surface area contributed by atoms with Crippen LogP contribution in [0, 0.1) is 0 Å². The molecule has 26 heavy (non-hydrogen) atoms. The maximum atomic E-state index is 12.1. The Bertz CT molecular complexity index is 962. The van der Waals surface area contributed by atoms with Crippen LogP contribution in [0.4, 0.5) is 11.4 Å². The highest BCUT2D eigenvalue weighted by molar-refractivity contribution is 6.02. The topological polar surface area (TPSA) is 111 Å². The van der Waals surface area contributed by atoms with Crippen molar-refractivity contribution in [3.8, 4) is 0 Å². The number of hydrogen-bond donors (Lipinski definition) is 2. The number of para-hydroxylation sites is 1. The highest BCUT2D eigenvalue weighted by Gasteiger charge is 2.15. The van der Waals surface area contributed by atoms with Crippen LogP contribution < -0.4 is 10.6 Å². The molecule has 8 nitrogen and oxygen atoms in total. The van der Waals surface area contributed by atoms with Gasteiger partial charge in [-0.2, -0.15) is 0 Å². The van der Waals surface area contributed by atoms with Crippen LogP contribution in [0.25, 0.3) is 11.1 Å². The third kappa shape index (κ3) is 4.04. The summed E-state index contributed by atoms with van der Waals surface area (Å²) in [6.07, 6.45) is 1.23. The van der Waals surface area contributed by atoms with Gasteiger partial charge in [0.05, 0.1) is 5.56 Å². The Morgan fingerprint density at radius 3 is 2.42 bits per heavy atom. The maximum Gasteiger partial charge on any atom is 0.340 e. The van der Waals surface area contributed by atoms with Crippen molar-refractivity contribution in [2.24, 2.45) is 0 Å². The number of hydrogen-bond acceptors (Lipinski definition) is 6. The molecule has 0 saturated carbocycles. The van der Waals surface area contributed by atoms with Crippen molar-refractivity contribution >= 4 is 40.3 Å². The predicted octanol–water partition coefficient (Wildman–Crippen LogP) is 2.58. The number of fused-ring (bicyclic) bond motifs is 1. The van der Waals surface area contributed by atoms with Crippen molar-refractivity contribution in [1.82, 2.24) is 4.98 Å². The van der Waals surface area contributed by atoms with Crippen molar-refractivity contribution in [1.29, 1.82) is 0 Å². The zero-order valence-electron chi connectivity index (χ0n) is 13.8. The highest BCUT2D eigenvalue weighted by atomic mass is 16.5. The molecule has 0 spiro atoms. The first-order chi connectivity index (χ1) is 12.5. The SMILES string of the molecule is CC(=O)Nc1ccc(NC(=O)COC(=O)c2cccc3ocnc23)cc1. The lowest BCUT2D eigenvalue weighted by Crippen LogP contribution is -2.21. The number of carbonyl (C=O) groups is 3. The molecule has 0 atom stereocenters. The van der Waals surface area contributed by atoms with Gasteiger partial charge in [0.2, 0.25) is 5.91 Å². The minimum absolute atomic E-state index is 0.184. The van der Waals surface area contributed by atoms with Gasteiger partial charge in [-0.25, -0.2) is 9.78 Å². The smallest absolute Gasteiger partial charge is 0.340 e. The van der Waals surface area contributed by atoms with Gasteiger partial charge in [-0.1, -0.05) is 6.07 Å². The van der Waals surface area contributed by atoms with Crippen molar-refractivity contribution in [2.45, 2.75) is 6.92 Å². The van der Waals surface area contributed by atoms with E-state index >= 15 is 0 Å². The zero-order valence-corrected chi connectivity index (χ0v) is 13.8. The van der Waals surface area contributed by atoms with Crippen LogP contribution in [0.3, 0.4) is 0 Å². The number of aromatic nitrogens is 1. The van der Waals surface area contributed by atoms with E-state index in [9.17, 15) is 14.4 Å². The third-order valence-electron chi connectivity index (χ3n) is 3.40. The average Bonchev–Trinajstić information content (AvgIpc) is 3.09. The Morgan fingerprint density at radius 1 is 1.04 bits per heavy atom. The van der Waals surface area contributed by atoms with E-state index in [2.05, 4.69) is 15.6 Å². The second-order valence-corrected chi connectivity index (χ2v) is 5.39. The number of nitrogens with one attached hydrogen (secondary N) is 2. The number of amides is 2. The quantitative estimate of drug-likeness (QED) is 0.682. The monoisotopic (exact) mass is 353 g/mol. The lowest BCUT2D eigenvalue weighted by molar-refractivity contribution is -0.119.